The molecule has 2 aromatic rings. The Kier molecular flexibility index (Phi) is 5.71. The fourth-order valence-corrected chi connectivity index (χ4v) is 1.37. The van der Waals surface area contributed by atoms with Crippen molar-refractivity contribution in [1.82, 2.24) is 4.98 Å². The first-order valence-electron chi connectivity index (χ1n) is 5.91. The van der Waals surface area contributed by atoms with Crippen molar-refractivity contribution in [2.24, 2.45) is 0 Å². The molecular weight excluding hydrogens is 222 g/mol. The fraction of sp³-hybridized carbons (Fsp3) is 0.267. The summed E-state index contributed by atoms with van der Waals surface area (Å²) in [5.41, 5.74) is 2.43. The maximum Gasteiger partial charge on any atom is 0.0391 e. The van der Waals surface area contributed by atoms with Crippen LogP contribution in [0.3, 0.4) is 0 Å². The van der Waals surface area contributed by atoms with Gasteiger partial charge in [0.1, 0.15) is 0 Å². The van der Waals surface area contributed by atoms with Crippen LogP contribution in [0.1, 0.15) is 0 Å². The average Bonchev–Trinajstić information content (AvgIpc) is 2.41. The Bertz CT molecular complexity index is 381. The number of anilines is 2. The van der Waals surface area contributed by atoms with Gasteiger partial charge in [0, 0.05) is 52.0 Å². The Balaban J connectivity index is 0.000000180. The first-order valence-corrected chi connectivity index (χ1v) is 5.91. The molecular formula is C15H21N3. The molecule has 2 rings (SSSR count). The molecule has 3 nitrogen and oxygen atoms in total. The van der Waals surface area contributed by atoms with E-state index in [2.05, 4.69) is 22.0 Å². The monoisotopic (exact) mass is 243 g/mol. The molecule has 0 spiro atoms. The molecule has 0 bridgehead atoms. The van der Waals surface area contributed by atoms with Crippen molar-refractivity contribution in [2.45, 2.75) is 0 Å². The second-order valence-corrected chi connectivity index (χ2v) is 4.33. The molecule has 0 aliphatic carbocycles. The van der Waals surface area contributed by atoms with Gasteiger partial charge >= 0.3 is 0 Å². The van der Waals surface area contributed by atoms with Crippen LogP contribution < -0.4 is 9.80 Å². The first kappa shape index (κ1) is 14.0. The van der Waals surface area contributed by atoms with E-state index in [9.17, 15) is 0 Å². The maximum absolute atomic E-state index is 3.90. The van der Waals surface area contributed by atoms with Gasteiger partial charge in [0.15, 0.2) is 0 Å². The SMILES string of the molecule is CN(C)c1ccccc1.CN(C)c1ccncc1. The molecule has 1 heterocycles. The van der Waals surface area contributed by atoms with Gasteiger partial charge in [0.05, 0.1) is 0 Å². The van der Waals surface area contributed by atoms with Crippen molar-refractivity contribution in [1.29, 1.82) is 0 Å². The molecule has 0 N–H and O–H groups in total. The van der Waals surface area contributed by atoms with Crippen LogP contribution >= 0.6 is 0 Å². The number of hydrogen-bond donors (Lipinski definition) is 0. The van der Waals surface area contributed by atoms with Crippen molar-refractivity contribution in [3.05, 3.63) is 54.9 Å². The minimum atomic E-state index is 1.19. The lowest BCUT2D eigenvalue weighted by Crippen LogP contribution is -2.07. The summed E-state index contributed by atoms with van der Waals surface area (Å²) < 4.78 is 0. The zero-order valence-electron chi connectivity index (χ0n) is 11.5. The first-order chi connectivity index (χ1) is 8.61. The molecule has 0 fully saturated rings. The van der Waals surface area contributed by atoms with Gasteiger partial charge in [-0.1, -0.05) is 18.2 Å². The average molecular weight is 243 g/mol. The van der Waals surface area contributed by atoms with Crippen molar-refractivity contribution in [3.8, 4) is 0 Å². The largest absolute Gasteiger partial charge is 0.378 e. The molecule has 0 saturated heterocycles. The number of benzene rings is 1. The van der Waals surface area contributed by atoms with Gasteiger partial charge in [0.25, 0.3) is 0 Å². The summed E-state index contributed by atoms with van der Waals surface area (Å²) in [4.78, 5) is 8.03. The van der Waals surface area contributed by atoms with Gasteiger partial charge in [-0.2, -0.15) is 0 Å². The highest BCUT2D eigenvalue weighted by Gasteiger charge is 1.88. The quantitative estimate of drug-likeness (QED) is 0.808. The summed E-state index contributed by atoms with van der Waals surface area (Å²) in [6.07, 6.45) is 3.57. The summed E-state index contributed by atoms with van der Waals surface area (Å²) in [7, 11) is 8.09. The Morgan fingerprint density at radius 2 is 1.11 bits per heavy atom. The van der Waals surface area contributed by atoms with E-state index in [0.717, 1.165) is 0 Å². The minimum absolute atomic E-state index is 1.19. The molecule has 0 unspecified atom stereocenters. The van der Waals surface area contributed by atoms with Gasteiger partial charge in [-0.05, 0) is 24.3 Å². The summed E-state index contributed by atoms with van der Waals surface area (Å²) in [5, 5.41) is 0. The zero-order chi connectivity index (χ0) is 13.4. The Labute approximate surface area is 110 Å². The topological polar surface area (TPSA) is 19.4 Å². The van der Waals surface area contributed by atoms with E-state index in [1.807, 2.05) is 63.4 Å². The van der Waals surface area contributed by atoms with Gasteiger partial charge in [-0.15, -0.1) is 0 Å². The van der Waals surface area contributed by atoms with Gasteiger partial charge < -0.3 is 9.80 Å². The van der Waals surface area contributed by atoms with Gasteiger partial charge in [-0.3, -0.25) is 4.98 Å². The molecule has 3 heteroatoms. The molecule has 0 aliphatic rings. The van der Waals surface area contributed by atoms with Crippen LogP contribution in [0.5, 0.6) is 0 Å². The van der Waals surface area contributed by atoms with E-state index in [4.69, 9.17) is 0 Å². The summed E-state index contributed by atoms with van der Waals surface area (Å²) in [6, 6.07) is 14.2. The van der Waals surface area contributed by atoms with Gasteiger partial charge in [0.2, 0.25) is 0 Å². The van der Waals surface area contributed by atoms with Crippen LogP contribution in [0.15, 0.2) is 54.9 Å². The predicted molar refractivity (Wildman–Crippen MR) is 79.3 cm³/mol. The second-order valence-electron chi connectivity index (χ2n) is 4.33. The minimum Gasteiger partial charge on any atom is -0.378 e. The third-order valence-electron chi connectivity index (χ3n) is 2.45. The van der Waals surface area contributed by atoms with Crippen LogP contribution in [0.4, 0.5) is 11.4 Å². The highest BCUT2D eigenvalue weighted by atomic mass is 15.1. The van der Waals surface area contributed by atoms with E-state index < -0.39 is 0 Å². The number of pyridine rings is 1. The Hall–Kier alpha value is -2.03. The fourth-order valence-electron chi connectivity index (χ4n) is 1.37. The Morgan fingerprint density at radius 1 is 0.667 bits per heavy atom. The van der Waals surface area contributed by atoms with E-state index in [1.54, 1.807) is 12.4 Å². The van der Waals surface area contributed by atoms with Crippen LogP contribution in [-0.2, 0) is 0 Å². The summed E-state index contributed by atoms with van der Waals surface area (Å²) in [6.45, 7) is 0. The maximum atomic E-state index is 3.90. The van der Waals surface area contributed by atoms with Crippen molar-refractivity contribution in [2.75, 3.05) is 38.0 Å². The number of nitrogens with zero attached hydrogens (tertiary/aromatic N) is 3. The molecule has 1 aromatic carbocycles. The normalized spacial score (nSPS) is 9.11. The smallest absolute Gasteiger partial charge is 0.0391 e. The molecule has 0 radical (unpaired) electrons. The highest BCUT2D eigenvalue weighted by molar-refractivity contribution is 5.44. The molecule has 0 amide bonds. The molecule has 1 aromatic heterocycles. The van der Waals surface area contributed by atoms with Crippen LogP contribution in [-0.4, -0.2) is 33.2 Å². The zero-order valence-corrected chi connectivity index (χ0v) is 11.5. The van der Waals surface area contributed by atoms with Crippen LogP contribution in [0.25, 0.3) is 0 Å². The molecule has 0 atom stereocenters. The molecule has 18 heavy (non-hydrogen) atoms. The van der Waals surface area contributed by atoms with E-state index >= 15 is 0 Å². The van der Waals surface area contributed by atoms with E-state index in [1.165, 1.54) is 11.4 Å². The second kappa shape index (κ2) is 7.33. The Morgan fingerprint density at radius 3 is 1.44 bits per heavy atom. The predicted octanol–water partition coefficient (Wildman–Crippen LogP) is 2.90. The standard InChI is InChI=1S/C8H11N.C7H10N2/c1-9(2)8-6-4-3-5-7-8;1-9(2)7-3-5-8-6-4-7/h3-7H,1-2H3;3-6H,1-2H3. The van der Waals surface area contributed by atoms with E-state index in [-0.39, 0.29) is 0 Å². The van der Waals surface area contributed by atoms with Crippen molar-refractivity contribution in [3.63, 3.8) is 0 Å². The van der Waals surface area contributed by atoms with Crippen LogP contribution in [0.2, 0.25) is 0 Å². The lowest BCUT2D eigenvalue weighted by atomic mass is 10.3. The van der Waals surface area contributed by atoms with E-state index in [0.29, 0.717) is 0 Å². The molecule has 96 valence electrons. The molecule has 0 saturated carbocycles. The third kappa shape index (κ3) is 4.87. The lowest BCUT2D eigenvalue weighted by Gasteiger charge is -2.10. The van der Waals surface area contributed by atoms with Crippen molar-refractivity contribution >= 4 is 11.4 Å². The number of para-hydroxylation sites is 1. The number of aromatic nitrogens is 1. The van der Waals surface area contributed by atoms with Crippen molar-refractivity contribution < 1.29 is 0 Å². The number of hydrogen-bond acceptors (Lipinski definition) is 3. The summed E-state index contributed by atoms with van der Waals surface area (Å²) in [5.74, 6) is 0. The third-order valence-corrected chi connectivity index (χ3v) is 2.45. The number of rotatable bonds is 2. The lowest BCUT2D eigenvalue weighted by molar-refractivity contribution is 1.12. The van der Waals surface area contributed by atoms with Crippen LogP contribution in [0, 0.1) is 0 Å². The summed E-state index contributed by atoms with van der Waals surface area (Å²) >= 11 is 0. The van der Waals surface area contributed by atoms with Gasteiger partial charge in [-0.25, -0.2) is 0 Å². The molecule has 0 aliphatic heterocycles. The highest BCUT2D eigenvalue weighted by Crippen LogP contribution is 2.07.